The molecule has 0 unspecified atom stereocenters. The molecular formula is C10H13BBrN. The Morgan fingerprint density at radius 2 is 0.923 bits per heavy atom. The fourth-order valence-electron chi connectivity index (χ4n) is 1.13. The molecule has 0 heterocycles. The zero-order valence-electron chi connectivity index (χ0n) is 7.70. The first-order valence-corrected chi connectivity index (χ1v) is 5.37. The van der Waals surface area contributed by atoms with Gasteiger partial charge >= 0.3 is 0 Å². The van der Waals surface area contributed by atoms with Crippen LogP contribution in [-0.4, -0.2) is 6.67 Å². The van der Waals surface area contributed by atoms with Crippen molar-refractivity contribution in [2.75, 3.05) is 0 Å². The van der Waals surface area contributed by atoms with Crippen LogP contribution in [0.25, 0.3) is 10.8 Å². The Labute approximate surface area is 88.1 Å². The molecule has 0 aliphatic heterocycles. The summed E-state index contributed by atoms with van der Waals surface area (Å²) in [7, 11) is 0. The summed E-state index contributed by atoms with van der Waals surface area (Å²) in [5.74, 6) is 0. The second kappa shape index (κ2) is 6.69. The molecule has 0 fully saturated rings. The lowest BCUT2D eigenvalue weighted by Crippen LogP contribution is -1.67. The lowest BCUT2D eigenvalue weighted by molar-refractivity contribution is 1.75. The number of rotatable bonds is 0. The molecule has 13 heavy (non-hydrogen) atoms. The summed E-state index contributed by atoms with van der Waals surface area (Å²) in [5.41, 5.74) is 0. The number of hydrogen-bond acceptors (Lipinski definition) is 1. The molecule has 0 spiro atoms. The van der Waals surface area contributed by atoms with Crippen LogP contribution in [0.15, 0.2) is 48.5 Å². The molecule has 3 heteroatoms. The monoisotopic (exact) mass is 237 g/mol. The van der Waals surface area contributed by atoms with Gasteiger partial charge in [-0.3, -0.25) is 0 Å². The van der Waals surface area contributed by atoms with Gasteiger partial charge in [-0.15, -0.1) is 0 Å². The van der Waals surface area contributed by atoms with E-state index in [4.69, 9.17) is 0 Å². The maximum absolute atomic E-state index is 2.94. The highest BCUT2D eigenvalue weighted by Crippen LogP contribution is 2.11. The molecule has 0 aliphatic carbocycles. The van der Waals surface area contributed by atoms with Gasteiger partial charge in [-0.1, -0.05) is 48.5 Å². The van der Waals surface area contributed by atoms with E-state index in [0.717, 1.165) is 0 Å². The first-order valence-electron chi connectivity index (χ1n) is 3.78. The molecule has 68 valence electrons. The Kier molecular flexibility index (Phi) is 6.28. The molecular weight excluding hydrogens is 225 g/mol. The molecule has 0 aromatic heterocycles. The highest BCUT2D eigenvalue weighted by Gasteiger charge is 1.85. The number of fused-ring (bicyclic) bond motifs is 1. The fourth-order valence-corrected chi connectivity index (χ4v) is 1.13. The van der Waals surface area contributed by atoms with Gasteiger partial charge in [0, 0.05) is 0 Å². The second-order valence-corrected chi connectivity index (χ2v) is 2.35. The van der Waals surface area contributed by atoms with Crippen molar-refractivity contribution in [2.45, 2.75) is 0 Å². The van der Waals surface area contributed by atoms with Gasteiger partial charge in [-0.25, -0.2) is 0 Å². The standard InChI is InChI=1S/C10H8.BBrH2.H3N/c1-2-6-10-8-4-3-7-9(10)5-1;1-2;/h1-8H;1H2;1H3. The first-order chi connectivity index (χ1) is 5.97. The van der Waals surface area contributed by atoms with E-state index in [0.29, 0.717) is 0 Å². The van der Waals surface area contributed by atoms with Gasteiger partial charge < -0.3 is 6.15 Å². The molecule has 1 nitrogen and oxygen atoms in total. The molecule has 0 aliphatic rings. The van der Waals surface area contributed by atoms with Gasteiger partial charge in [-0.2, -0.15) is 15.8 Å². The maximum Gasteiger partial charge on any atom is 0.186 e. The van der Waals surface area contributed by atoms with Gasteiger partial charge in [0.15, 0.2) is 6.67 Å². The smallest absolute Gasteiger partial charge is 0.186 e. The summed E-state index contributed by atoms with van der Waals surface area (Å²) >= 11 is 2.94. The predicted molar refractivity (Wildman–Crippen MR) is 66.4 cm³/mol. The molecule has 3 N–H and O–H groups in total. The van der Waals surface area contributed by atoms with Crippen molar-refractivity contribution in [2.24, 2.45) is 0 Å². The third-order valence-corrected chi connectivity index (χ3v) is 1.66. The van der Waals surface area contributed by atoms with Crippen molar-refractivity contribution in [3.8, 4) is 0 Å². The molecule has 2 aromatic carbocycles. The summed E-state index contributed by atoms with van der Waals surface area (Å²) < 4.78 is 0. The molecule has 2 aromatic rings. The molecule has 2 rings (SSSR count). The van der Waals surface area contributed by atoms with Gasteiger partial charge in [-0.05, 0) is 10.8 Å². The van der Waals surface area contributed by atoms with Crippen LogP contribution in [0.3, 0.4) is 0 Å². The van der Waals surface area contributed by atoms with Crippen molar-refractivity contribution < 1.29 is 0 Å². The Bertz CT molecular complexity index is 286. The Morgan fingerprint density at radius 3 is 1.15 bits per heavy atom. The van der Waals surface area contributed by atoms with Crippen LogP contribution in [0.2, 0.25) is 0 Å². The lowest BCUT2D eigenvalue weighted by Gasteiger charge is -1.92. The minimum Gasteiger partial charge on any atom is -0.344 e. The van der Waals surface area contributed by atoms with E-state index in [9.17, 15) is 0 Å². The molecule has 0 atom stereocenters. The number of benzene rings is 2. The quantitative estimate of drug-likeness (QED) is 0.703. The third kappa shape index (κ3) is 3.21. The SMILES string of the molecule is BBr.N.c1ccc2ccccc2c1. The molecule has 0 amide bonds. The van der Waals surface area contributed by atoms with E-state index in [1.165, 1.54) is 10.8 Å². The summed E-state index contributed by atoms with van der Waals surface area (Å²) in [4.78, 5) is 0. The van der Waals surface area contributed by atoms with Crippen LogP contribution >= 0.6 is 15.8 Å². The van der Waals surface area contributed by atoms with Crippen molar-refractivity contribution in [3.63, 3.8) is 0 Å². The van der Waals surface area contributed by atoms with Crippen molar-refractivity contribution in [1.29, 1.82) is 0 Å². The second-order valence-electron chi connectivity index (χ2n) is 2.35. The zero-order valence-corrected chi connectivity index (χ0v) is 9.29. The third-order valence-electron chi connectivity index (χ3n) is 1.66. The average molecular weight is 238 g/mol. The highest BCUT2D eigenvalue weighted by atomic mass is 79.9. The van der Waals surface area contributed by atoms with Crippen molar-refractivity contribution in [1.82, 2.24) is 6.15 Å². The van der Waals surface area contributed by atoms with E-state index in [1.807, 2.05) is 6.67 Å². The summed E-state index contributed by atoms with van der Waals surface area (Å²) in [5, 5.41) is 2.62. The minimum absolute atomic E-state index is 0. The fraction of sp³-hybridized carbons (Fsp3) is 0. The maximum atomic E-state index is 2.94. The van der Waals surface area contributed by atoms with Crippen LogP contribution in [0.4, 0.5) is 0 Å². The molecule has 0 bridgehead atoms. The first kappa shape index (κ1) is 12.2. The largest absolute Gasteiger partial charge is 0.344 e. The normalized spacial score (nSPS) is 8.08. The number of halogens is 1. The van der Waals surface area contributed by atoms with Gasteiger partial charge in [0.05, 0.1) is 0 Å². The summed E-state index contributed by atoms with van der Waals surface area (Å²) in [6, 6.07) is 16.7. The summed E-state index contributed by atoms with van der Waals surface area (Å²) in [6.07, 6.45) is 0. The minimum atomic E-state index is 0. The number of hydrogen-bond donors (Lipinski definition) is 1. The van der Waals surface area contributed by atoms with Crippen LogP contribution in [0, 0.1) is 0 Å². The Balaban J connectivity index is 0.000000451. The highest BCUT2D eigenvalue weighted by molar-refractivity contribution is 9.22. The van der Waals surface area contributed by atoms with Crippen LogP contribution in [0.1, 0.15) is 0 Å². The van der Waals surface area contributed by atoms with Crippen molar-refractivity contribution in [3.05, 3.63) is 48.5 Å². The lowest BCUT2D eigenvalue weighted by atomic mass is 10.1. The molecule has 0 saturated heterocycles. The summed E-state index contributed by atoms with van der Waals surface area (Å²) in [6.45, 7) is 1.81. The van der Waals surface area contributed by atoms with Gasteiger partial charge in [0.2, 0.25) is 0 Å². The predicted octanol–water partition coefficient (Wildman–Crippen LogP) is 2.93. The van der Waals surface area contributed by atoms with Crippen LogP contribution in [-0.2, 0) is 0 Å². The molecule has 0 saturated carbocycles. The Hall–Kier alpha value is -0.795. The van der Waals surface area contributed by atoms with E-state index in [2.05, 4.69) is 64.3 Å². The zero-order chi connectivity index (χ0) is 8.81. The van der Waals surface area contributed by atoms with Crippen molar-refractivity contribution >= 4 is 33.2 Å². The van der Waals surface area contributed by atoms with Gasteiger partial charge in [0.1, 0.15) is 0 Å². The van der Waals surface area contributed by atoms with E-state index in [1.54, 1.807) is 0 Å². The van der Waals surface area contributed by atoms with Crippen LogP contribution in [0.5, 0.6) is 0 Å². The molecule has 0 radical (unpaired) electrons. The topological polar surface area (TPSA) is 35.0 Å². The van der Waals surface area contributed by atoms with Gasteiger partial charge in [0.25, 0.3) is 0 Å². The van der Waals surface area contributed by atoms with E-state index < -0.39 is 0 Å². The van der Waals surface area contributed by atoms with E-state index >= 15 is 0 Å². The van der Waals surface area contributed by atoms with E-state index in [-0.39, 0.29) is 6.15 Å². The Morgan fingerprint density at radius 1 is 0.692 bits per heavy atom. The van der Waals surface area contributed by atoms with Crippen LogP contribution < -0.4 is 6.15 Å². The average Bonchev–Trinajstić information content (AvgIpc) is 2.21.